The molecule has 0 aliphatic rings. The Kier molecular flexibility index (Phi) is 3.63. The first kappa shape index (κ1) is 14.9. The maximum absolute atomic E-state index is 13.0. The van der Waals surface area contributed by atoms with Gasteiger partial charge in [0.2, 0.25) is 11.7 Å². The van der Waals surface area contributed by atoms with Crippen LogP contribution in [0.2, 0.25) is 0 Å². The van der Waals surface area contributed by atoms with Crippen LogP contribution < -0.4 is 4.74 Å². The first-order valence-corrected chi connectivity index (χ1v) is 5.78. The molecule has 0 saturated carbocycles. The summed E-state index contributed by atoms with van der Waals surface area (Å²) in [6, 6.07) is 4.41. The van der Waals surface area contributed by atoms with Gasteiger partial charge >= 0.3 is 6.18 Å². The van der Waals surface area contributed by atoms with Crippen molar-refractivity contribution in [1.82, 2.24) is 9.55 Å². The number of halogens is 3. The summed E-state index contributed by atoms with van der Waals surface area (Å²) < 4.78 is 44.6. The number of rotatable bonds is 3. The number of nitrogens with zero attached hydrogens (tertiary/aromatic N) is 2. The highest BCUT2D eigenvalue weighted by Crippen LogP contribution is 2.37. The fourth-order valence-corrected chi connectivity index (χ4v) is 1.90. The molecular formula is C13H11F3N2O3. The average molecular weight is 300 g/mol. The van der Waals surface area contributed by atoms with Crippen molar-refractivity contribution < 1.29 is 27.8 Å². The van der Waals surface area contributed by atoms with Crippen molar-refractivity contribution in [2.75, 3.05) is 7.11 Å². The van der Waals surface area contributed by atoms with Gasteiger partial charge in [-0.05, 0) is 24.6 Å². The molecule has 0 spiro atoms. The molecule has 1 aromatic heterocycles. The topological polar surface area (TPSA) is 64.4 Å². The van der Waals surface area contributed by atoms with E-state index in [-0.39, 0.29) is 17.7 Å². The van der Waals surface area contributed by atoms with Gasteiger partial charge in [0, 0.05) is 0 Å². The standard InChI is InChI=1S/C13H11F3N2O3/c1-7-3-4-9(10(5-7)21-2)18-11(20)8(6-19)17-12(18)13(14,15)16/h3-6,20H,1-2H3. The van der Waals surface area contributed by atoms with Gasteiger partial charge in [0.15, 0.2) is 12.0 Å². The Morgan fingerprint density at radius 3 is 2.57 bits per heavy atom. The molecule has 0 aliphatic carbocycles. The quantitative estimate of drug-likeness (QED) is 0.885. The van der Waals surface area contributed by atoms with Crippen LogP contribution in [0.5, 0.6) is 11.6 Å². The molecule has 0 saturated heterocycles. The van der Waals surface area contributed by atoms with Gasteiger partial charge < -0.3 is 9.84 Å². The Morgan fingerprint density at radius 1 is 1.38 bits per heavy atom. The normalized spacial score (nSPS) is 11.5. The number of aryl methyl sites for hydroxylation is 1. The van der Waals surface area contributed by atoms with E-state index in [1.165, 1.54) is 19.2 Å². The highest BCUT2D eigenvalue weighted by atomic mass is 19.4. The van der Waals surface area contributed by atoms with Gasteiger partial charge in [-0.25, -0.2) is 4.98 Å². The summed E-state index contributed by atoms with van der Waals surface area (Å²) in [5.41, 5.74) is 0.0119. The largest absolute Gasteiger partial charge is 0.495 e. The van der Waals surface area contributed by atoms with Crippen molar-refractivity contribution in [3.05, 3.63) is 35.3 Å². The number of hydrogen-bond acceptors (Lipinski definition) is 4. The third-order valence-electron chi connectivity index (χ3n) is 2.82. The molecule has 5 nitrogen and oxygen atoms in total. The number of hydrogen-bond donors (Lipinski definition) is 1. The van der Waals surface area contributed by atoms with E-state index in [2.05, 4.69) is 4.98 Å². The van der Waals surface area contributed by atoms with Gasteiger partial charge in [0.25, 0.3) is 0 Å². The number of aromatic hydroxyl groups is 1. The Bertz CT molecular complexity index is 693. The van der Waals surface area contributed by atoms with E-state index in [0.29, 0.717) is 4.57 Å². The first-order valence-electron chi connectivity index (χ1n) is 5.78. The van der Waals surface area contributed by atoms with E-state index < -0.39 is 23.6 Å². The second-order valence-corrected chi connectivity index (χ2v) is 4.27. The van der Waals surface area contributed by atoms with Gasteiger partial charge in [0.1, 0.15) is 5.75 Å². The molecule has 0 atom stereocenters. The van der Waals surface area contributed by atoms with E-state index in [1.54, 1.807) is 13.0 Å². The summed E-state index contributed by atoms with van der Waals surface area (Å²) in [4.78, 5) is 13.9. The van der Waals surface area contributed by atoms with Crippen molar-refractivity contribution in [3.8, 4) is 17.3 Å². The molecule has 1 N–H and O–H groups in total. The number of aromatic nitrogens is 2. The average Bonchev–Trinajstić information content (AvgIpc) is 2.75. The molecule has 2 rings (SSSR count). The minimum Gasteiger partial charge on any atom is -0.495 e. The molecule has 0 amide bonds. The number of carbonyl (C=O) groups is 1. The Hall–Kier alpha value is -2.51. The lowest BCUT2D eigenvalue weighted by atomic mass is 10.2. The molecule has 0 bridgehead atoms. The predicted octanol–water partition coefficient (Wildman–Crippen LogP) is 2.73. The number of alkyl halides is 3. The van der Waals surface area contributed by atoms with Gasteiger partial charge in [-0.2, -0.15) is 13.2 Å². The minimum atomic E-state index is -4.84. The van der Waals surface area contributed by atoms with Gasteiger partial charge in [-0.15, -0.1) is 0 Å². The number of benzene rings is 1. The zero-order valence-corrected chi connectivity index (χ0v) is 11.1. The fraction of sp³-hybridized carbons (Fsp3) is 0.231. The summed E-state index contributed by atoms with van der Waals surface area (Å²) >= 11 is 0. The van der Waals surface area contributed by atoms with Crippen LogP contribution in [0.1, 0.15) is 21.9 Å². The molecular weight excluding hydrogens is 289 g/mol. The Labute approximate surface area is 117 Å². The Morgan fingerprint density at radius 2 is 2.05 bits per heavy atom. The molecule has 1 heterocycles. The number of carbonyl (C=O) groups excluding carboxylic acids is 1. The van der Waals surface area contributed by atoms with Crippen LogP contribution in [-0.4, -0.2) is 28.1 Å². The number of methoxy groups -OCH3 is 1. The lowest BCUT2D eigenvalue weighted by Crippen LogP contribution is -2.14. The zero-order valence-electron chi connectivity index (χ0n) is 11.1. The van der Waals surface area contributed by atoms with Gasteiger partial charge in [-0.1, -0.05) is 6.07 Å². The van der Waals surface area contributed by atoms with Crippen LogP contribution in [0.25, 0.3) is 5.69 Å². The second-order valence-electron chi connectivity index (χ2n) is 4.27. The van der Waals surface area contributed by atoms with Crippen LogP contribution in [0.15, 0.2) is 18.2 Å². The second kappa shape index (κ2) is 5.12. The molecule has 0 fully saturated rings. The molecule has 0 aliphatic heterocycles. The summed E-state index contributed by atoms with van der Waals surface area (Å²) in [5.74, 6) is -2.17. The summed E-state index contributed by atoms with van der Waals surface area (Å²) in [6.45, 7) is 1.74. The van der Waals surface area contributed by atoms with Crippen molar-refractivity contribution in [1.29, 1.82) is 0 Å². The van der Waals surface area contributed by atoms with Gasteiger partial charge in [0.05, 0.1) is 12.8 Å². The van der Waals surface area contributed by atoms with Crippen molar-refractivity contribution in [3.63, 3.8) is 0 Å². The number of aldehydes is 1. The molecule has 2 aromatic rings. The summed E-state index contributed by atoms with van der Waals surface area (Å²) in [7, 11) is 1.29. The highest BCUT2D eigenvalue weighted by Gasteiger charge is 2.40. The minimum absolute atomic E-state index is 0.0573. The molecule has 1 aromatic carbocycles. The lowest BCUT2D eigenvalue weighted by molar-refractivity contribution is -0.146. The molecule has 0 radical (unpaired) electrons. The maximum atomic E-state index is 13.0. The molecule has 21 heavy (non-hydrogen) atoms. The SMILES string of the molecule is COc1cc(C)ccc1-n1c(C(F)(F)F)nc(C=O)c1O. The van der Waals surface area contributed by atoms with Gasteiger partial charge in [-0.3, -0.25) is 9.36 Å². The van der Waals surface area contributed by atoms with Crippen LogP contribution in [0.3, 0.4) is 0 Å². The van der Waals surface area contributed by atoms with Crippen LogP contribution in [-0.2, 0) is 6.18 Å². The molecule has 8 heteroatoms. The summed E-state index contributed by atoms with van der Waals surface area (Å²) in [5, 5.41) is 9.83. The van der Waals surface area contributed by atoms with E-state index in [1.807, 2.05) is 0 Å². The number of ether oxygens (including phenoxy) is 1. The van der Waals surface area contributed by atoms with E-state index in [4.69, 9.17) is 4.74 Å². The predicted molar refractivity (Wildman–Crippen MR) is 66.9 cm³/mol. The summed E-state index contributed by atoms with van der Waals surface area (Å²) in [6.07, 6.45) is -4.78. The molecule has 0 unspecified atom stereocenters. The first-order chi connectivity index (χ1) is 9.79. The van der Waals surface area contributed by atoms with Crippen LogP contribution in [0.4, 0.5) is 13.2 Å². The van der Waals surface area contributed by atoms with Crippen molar-refractivity contribution >= 4 is 6.29 Å². The zero-order chi connectivity index (χ0) is 15.8. The third-order valence-corrected chi connectivity index (χ3v) is 2.82. The Balaban J connectivity index is 2.80. The van der Waals surface area contributed by atoms with Crippen molar-refractivity contribution in [2.24, 2.45) is 0 Å². The molecule has 112 valence electrons. The van der Waals surface area contributed by atoms with Crippen LogP contribution in [0, 0.1) is 6.92 Å². The van der Waals surface area contributed by atoms with Crippen molar-refractivity contribution in [2.45, 2.75) is 13.1 Å². The smallest absolute Gasteiger partial charge is 0.450 e. The highest BCUT2D eigenvalue weighted by molar-refractivity contribution is 5.76. The third kappa shape index (κ3) is 2.56. The lowest BCUT2D eigenvalue weighted by Gasteiger charge is -2.14. The number of imidazole rings is 1. The van der Waals surface area contributed by atoms with E-state index in [9.17, 15) is 23.1 Å². The monoisotopic (exact) mass is 300 g/mol. The van der Waals surface area contributed by atoms with Crippen LogP contribution >= 0.6 is 0 Å². The van der Waals surface area contributed by atoms with E-state index in [0.717, 1.165) is 5.56 Å². The fourth-order valence-electron chi connectivity index (χ4n) is 1.90. The van der Waals surface area contributed by atoms with E-state index >= 15 is 0 Å². The maximum Gasteiger partial charge on any atom is 0.450 e.